The van der Waals surface area contributed by atoms with Gasteiger partial charge < -0.3 is 35.2 Å². The van der Waals surface area contributed by atoms with E-state index in [9.17, 15) is 19.8 Å². The molecule has 9 heteroatoms. The second kappa shape index (κ2) is 9.23. The molecule has 0 bridgehead atoms. The van der Waals surface area contributed by atoms with Crippen LogP contribution in [-0.4, -0.2) is 72.2 Å². The highest BCUT2D eigenvalue weighted by molar-refractivity contribution is 6.22. The summed E-state index contributed by atoms with van der Waals surface area (Å²) >= 11 is 0. The molecule has 1 fully saturated rings. The van der Waals surface area contributed by atoms with Crippen LogP contribution in [0, 0.1) is 10.8 Å². The summed E-state index contributed by atoms with van der Waals surface area (Å²) in [5.74, 6) is -1.58. The number of carbonyl (C=O) groups excluding carboxylic acids is 2. The quantitative estimate of drug-likeness (QED) is 0.255. The minimum Gasteiger partial charge on any atom is -0.461 e. The van der Waals surface area contributed by atoms with Crippen LogP contribution >= 0.6 is 0 Å². The summed E-state index contributed by atoms with van der Waals surface area (Å²) in [6.07, 6.45) is -1.19. The van der Waals surface area contributed by atoms with E-state index in [1.54, 1.807) is 0 Å². The molecular formula is C13H20N2O7. The zero-order chi connectivity index (χ0) is 16.5. The number of rotatable bonds is 8. The van der Waals surface area contributed by atoms with Crippen LogP contribution in [0.5, 0.6) is 0 Å². The average Bonchev–Trinajstić information content (AvgIpc) is 2.52. The zero-order valence-corrected chi connectivity index (χ0v) is 11.9. The van der Waals surface area contributed by atoms with Gasteiger partial charge in [0.2, 0.25) is 0 Å². The predicted molar refractivity (Wildman–Crippen MR) is 74.0 cm³/mol. The molecule has 0 aliphatic carbocycles. The first-order chi connectivity index (χ1) is 10.5. The fraction of sp³-hybridized carbons (Fsp3) is 0.692. The number of carbonyl (C=O) groups is 2. The molecule has 0 saturated carbocycles. The highest BCUT2D eigenvalue weighted by atomic mass is 16.6. The van der Waals surface area contributed by atoms with Gasteiger partial charge in [0.1, 0.15) is 31.2 Å². The minimum atomic E-state index is -1.18. The number of ether oxygens (including phenoxy) is 3. The van der Waals surface area contributed by atoms with Crippen molar-refractivity contribution in [1.29, 1.82) is 10.8 Å². The lowest BCUT2D eigenvalue weighted by molar-refractivity contribution is -0.188. The summed E-state index contributed by atoms with van der Waals surface area (Å²) in [5, 5.41) is 33.0. The zero-order valence-electron chi connectivity index (χ0n) is 11.9. The van der Waals surface area contributed by atoms with Crippen molar-refractivity contribution in [3.8, 4) is 0 Å². The first-order valence-corrected chi connectivity index (χ1v) is 6.84. The van der Waals surface area contributed by atoms with E-state index >= 15 is 0 Å². The van der Waals surface area contributed by atoms with E-state index in [1.807, 2.05) is 0 Å². The molecule has 1 aliphatic heterocycles. The SMILES string of the molecule is N=CC(=O)OCCCC1CC(O)C(O)C(COC(=O)C=N)O1. The van der Waals surface area contributed by atoms with Crippen molar-refractivity contribution in [2.45, 2.75) is 43.7 Å². The largest absolute Gasteiger partial charge is 0.461 e. The van der Waals surface area contributed by atoms with Gasteiger partial charge in [-0.25, -0.2) is 9.59 Å². The highest BCUT2D eigenvalue weighted by Crippen LogP contribution is 2.23. The van der Waals surface area contributed by atoms with Gasteiger partial charge in [-0.15, -0.1) is 0 Å². The van der Waals surface area contributed by atoms with E-state index in [0.29, 0.717) is 25.3 Å². The van der Waals surface area contributed by atoms with Crippen molar-refractivity contribution >= 4 is 24.4 Å². The Hall–Kier alpha value is -1.84. The minimum absolute atomic E-state index is 0.125. The normalized spacial score (nSPS) is 27.7. The number of nitrogens with one attached hydrogen (secondary N) is 2. The molecule has 4 atom stereocenters. The predicted octanol–water partition coefficient (Wildman–Crippen LogP) is -0.969. The molecule has 0 aromatic heterocycles. The van der Waals surface area contributed by atoms with E-state index in [4.69, 9.17) is 25.0 Å². The third-order valence-electron chi connectivity index (χ3n) is 3.19. The third kappa shape index (κ3) is 5.88. The maximum Gasteiger partial charge on any atom is 0.348 e. The molecule has 0 aromatic carbocycles. The number of hydrogen-bond acceptors (Lipinski definition) is 9. The standard InChI is InChI=1S/C13H20N2O7/c14-5-11(17)20-3-1-2-8-4-9(16)13(19)10(22-8)7-21-12(18)6-15/h5-6,8-10,13-16,19H,1-4,7H2. The second-order valence-corrected chi connectivity index (χ2v) is 4.82. The van der Waals surface area contributed by atoms with Gasteiger partial charge in [0.15, 0.2) is 0 Å². The summed E-state index contributed by atoms with van der Waals surface area (Å²) in [7, 11) is 0. The smallest absolute Gasteiger partial charge is 0.348 e. The maximum absolute atomic E-state index is 10.9. The molecule has 4 N–H and O–H groups in total. The molecule has 0 radical (unpaired) electrons. The van der Waals surface area contributed by atoms with Crippen LogP contribution in [0.25, 0.3) is 0 Å². The van der Waals surface area contributed by atoms with Crippen LogP contribution < -0.4 is 0 Å². The van der Waals surface area contributed by atoms with Crippen LogP contribution in [0.3, 0.4) is 0 Å². The maximum atomic E-state index is 10.9. The van der Waals surface area contributed by atoms with Crippen LogP contribution in [0.15, 0.2) is 0 Å². The topological polar surface area (TPSA) is 150 Å². The fourth-order valence-corrected chi connectivity index (χ4v) is 2.09. The van der Waals surface area contributed by atoms with Crippen LogP contribution in [0.1, 0.15) is 19.3 Å². The van der Waals surface area contributed by atoms with Crippen molar-refractivity contribution in [2.24, 2.45) is 0 Å². The van der Waals surface area contributed by atoms with E-state index in [1.165, 1.54) is 0 Å². The Kier molecular flexibility index (Phi) is 7.64. The number of aliphatic hydroxyl groups excluding tert-OH is 2. The lowest BCUT2D eigenvalue weighted by atomic mass is 9.96. The molecular weight excluding hydrogens is 296 g/mol. The Morgan fingerprint density at radius 1 is 1.18 bits per heavy atom. The van der Waals surface area contributed by atoms with Gasteiger partial charge >= 0.3 is 11.9 Å². The molecule has 22 heavy (non-hydrogen) atoms. The highest BCUT2D eigenvalue weighted by Gasteiger charge is 2.37. The summed E-state index contributed by atoms with van der Waals surface area (Å²) in [4.78, 5) is 21.6. The number of aliphatic hydroxyl groups is 2. The van der Waals surface area contributed by atoms with Crippen molar-refractivity contribution in [3.05, 3.63) is 0 Å². The van der Waals surface area contributed by atoms with Gasteiger partial charge in [-0.1, -0.05) is 0 Å². The first-order valence-electron chi connectivity index (χ1n) is 6.84. The molecule has 4 unspecified atom stereocenters. The molecule has 0 spiro atoms. The third-order valence-corrected chi connectivity index (χ3v) is 3.19. The molecule has 1 heterocycles. The Balaban J connectivity index is 2.38. The summed E-state index contributed by atoms with van der Waals surface area (Å²) in [6, 6.07) is 0. The van der Waals surface area contributed by atoms with Crippen LogP contribution in [0.2, 0.25) is 0 Å². The lowest BCUT2D eigenvalue weighted by Gasteiger charge is -2.36. The Labute approximate surface area is 127 Å². The number of esters is 2. The molecule has 0 aromatic rings. The molecule has 1 saturated heterocycles. The molecule has 1 aliphatic rings. The van der Waals surface area contributed by atoms with Gasteiger partial charge in [0.25, 0.3) is 0 Å². The van der Waals surface area contributed by atoms with Crippen LogP contribution in [-0.2, 0) is 23.8 Å². The summed E-state index contributed by atoms with van der Waals surface area (Å²) < 4.78 is 15.0. The fourth-order valence-electron chi connectivity index (χ4n) is 2.09. The Bertz CT molecular complexity index is 415. The summed E-state index contributed by atoms with van der Waals surface area (Å²) in [5.41, 5.74) is 0. The van der Waals surface area contributed by atoms with Crippen molar-refractivity contribution in [2.75, 3.05) is 13.2 Å². The first kappa shape index (κ1) is 18.2. The van der Waals surface area contributed by atoms with Crippen LogP contribution in [0.4, 0.5) is 0 Å². The van der Waals surface area contributed by atoms with E-state index in [-0.39, 0.29) is 25.7 Å². The van der Waals surface area contributed by atoms with Crippen molar-refractivity contribution in [1.82, 2.24) is 0 Å². The lowest BCUT2D eigenvalue weighted by Crippen LogP contribution is -2.50. The Morgan fingerprint density at radius 3 is 2.45 bits per heavy atom. The monoisotopic (exact) mass is 316 g/mol. The van der Waals surface area contributed by atoms with Crippen molar-refractivity contribution in [3.63, 3.8) is 0 Å². The van der Waals surface area contributed by atoms with E-state index < -0.39 is 30.3 Å². The van der Waals surface area contributed by atoms with Crippen molar-refractivity contribution < 1.29 is 34.0 Å². The average molecular weight is 316 g/mol. The van der Waals surface area contributed by atoms with Gasteiger partial charge in [-0.3, -0.25) is 0 Å². The molecule has 9 nitrogen and oxygen atoms in total. The van der Waals surface area contributed by atoms with Gasteiger partial charge in [-0.05, 0) is 12.8 Å². The van der Waals surface area contributed by atoms with E-state index in [2.05, 4.69) is 0 Å². The van der Waals surface area contributed by atoms with Gasteiger partial charge in [-0.2, -0.15) is 0 Å². The molecule has 124 valence electrons. The van der Waals surface area contributed by atoms with Gasteiger partial charge in [0, 0.05) is 6.42 Å². The van der Waals surface area contributed by atoms with Gasteiger partial charge in [0.05, 0.1) is 18.8 Å². The summed E-state index contributed by atoms with van der Waals surface area (Å²) in [6.45, 7) is -0.133. The molecule has 0 amide bonds. The second-order valence-electron chi connectivity index (χ2n) is 4.82. The Morgan fingerprint density at radius 2 is 1.82 bits per heavy atom. The van der Waals surface area contributed by atoms with E-state index in [0.717, 1.165) is 0 Å². The number of hydrogen-bond donors (Lipinski definition) is 4. The molecule has 1 rings (SSSR count).